The molecule has 2 unspecified atom stereocenters. The molecular formula is CH5NO3P2. The molecule has 7 heavy (non-hydrogen) atoms. The van der Waals surface area contributed by atoms with Gasteiger partial charge in [-0.15, -0.1) is 0 Å². The van der Waals surface area contributed by atoms with Crippen LogP contribution in [0.1, 0.15) is 0 Å². The van der Waals surface area contributed by atoms with Gasteiger partial charge in [0.15, 0.2) is 9.03 Å². The minimum Gasteiger partial charge on any atom is -0.352 e. The minimum absolute atomic E-state index is 0.728. The number of hydrogen-bond acceptors (Lipinski definition) is 4. The second-order valence-corrected chi connectivity index (χ2v) is 2.39. The second-order valence-electron chi connectivity index (χ2n) is 0.614. The van der Waals surface area contributed by atoms with Crippen molar-refractivity contribution >= 4 is 23.4 Å². The molecule has 0 aromatic heterocycles. The van der Waals surface area contributed by atoms with Gasteiger partial charge in [0, 0.05) is 0 Å². The molecule has 0 amide bonds. The smallest absolute Gasteiger partial charge is 0.218 e. The summed E-state index contributed by atoms with van der Waals surface area (Å²) >= 11 is 0. The first-order valence-corrected chi connectivity index (χ1v) is 3.49. The Labute approximate surface area is 43.9 Å². The summed E-state index contributed by atoms with van der Waals surface area (Å²) in [5.41, 5.74) is 0. The van der Waals surface area contributed by atoms with Crippen LogP contribution in [-0.2, 0) is 4.31 Å². The topological polar surface area (TPSA) is 73.5 Å². The molecule has 4 nitrogen and oxygen atoms in total. The number of nitrogens with one attached hydrogen (secondary N) is 1. The van der Waals surface area contributed by atoms with E-state index in [4.69, 9.17) is 15.2 Å². The van der Waals surface area contributed by atoms with Crippen molar-refractivity contribution < 1.29 is 14.1 Å². The van der Waals surface area contributed by atoms with Crippen molar-refractivity contribution in [3.63, 3.8) is 0 Å². The molecule has 0 aliphatic carbocycles. The van der Waals surface area contributed by atoms with E-state index >= 15 is 0 Å². The Morgan fingerprint density at radius 1 is 1.86 bits per heavy atom. The van der Waals surface area contributed by atoms with Crippen molar-refractivity contribution in [3.05, 3.63) is 0 Å². The Kier molecular flexibility index (Phi) is 4.83. The van der Waals surface area contributed by atoms with Crippen LogP contribution in [0.25, 0.3) is 0 Å². The van der Waals surface area contributed by atoms with Gasteiger partial charge in [-0.3, -0.25) is 4.31 Å². The quantitative estimate of drug-likeness (QED) is 0.393. The van der Waals surface area contributed by atoms with Crippen molar-refractivity contribution in [2.24, 2.45) is 0 Å². The van der Waals surface area contributed by atoms with Crippen LogP contribution in [-0.4, -0.2) is 15.7 Å². The molecule has 0 spiro atoms. The molecule has 0 heterocycles. The van der Waals surface area contributed by atoms with Crippen molar-refractivity contribution in [1.82, 2.24) is 0 Å². The average Bonchev–Trinajstić information content (AvgIpc) is 1.68. The lowest BCUT2D eigenvalue weighted by Gasteiger charge is -1.96. The standard InChI is InChI=1S/CH5NO3P2/c2-1-7(4)5-6-3/h1-4,6H. The summed E-state index contributed by atoms with van der Waals surface area (Å²) in [5.74, 6) is 0.749. The predicted octanol–water partition coefficient (Wildman–Crippen LogP) is 0.415. The fraction of sp³-hybridized carbons (Fsp3) is 0. The zero-order chi connectivity index (χ0) is 5.70. The molecule has 0 saturated heterocycles. The molecule has 0 rings (SSSR count). The van der Waals surface area contributed by atoms with Crippen LogP contribution in [0, 0.1) is 5.41 Å². The van der Waals surface area contributed by atoms with Crippen LogP contribution in [0.3, 0.4) is 0 Å². The lowest BCUT2D eigenvalue weighted by molar-refractivity contribution is 0.488. The average molecular weight is 141 g/mol. The fourth-order valence-corrected chi connectivity index (χ4v) is 0.614. The monoisotopic (exact) mass is 141 g/mol. The highest BCUT2D eigenvalue weighted by molar-refractivity contribution is 7.66. The van der Waals surface area contributed by atoms with E-state index in [9.17, 15) is 0 Å². The second kappa shape index (κ2) is 4.57. The van der Waals surface area contributed by atoms with Crippen LogP contribution in [0.5, 0.6) is 0 Å². The summed E-state index contributed by atoms with van der Waals surface area (Å²) in [6, 6.07) is 0. The maximum atomic E-state index is 8.30. The van der Waals surface area contributed by atoms with E-state index in [0.717, 1.165) is 5.96 Å². The van der Waals surface area contributed by atoms with Gasteiger partial charge in [-0.2, -0.15) is 0 Å². The van der Waals surface area contributed by atoms with Crippen LogP contribution >= 0.6 is 17.4 Å². The third kappa shape index (κ3) is 4.26. The van der Waals surface area contributed by atoms with Gasteiger partial charge >= 0.3 is 0 Å². The first-order chi connectivity index (χ1) is 3.31. The van der Waals surface area contributed by atoms with Gasteiger partial charge < -0.3 is 15.2 Å². The Morgan fingerprint density at radius 2 is 2.43 bits per heavy atom. The lowest BCUT2D eigenvalue weighted by atomic mass is 11.7. The summed E-state index contributed by atoms with van der Waals surface area (Å²) in [4.78, 5) is 16.2. The van der Waals surface area contributed by atoms with Crippen LogP contribution < -0.4 is 0 Å². The highest BCUT2D eigenvalue weighted by atomic mass is 31.2. The zero-order valence-corrected chi connectivity index (χ0v) is 5.22. The third-order valence-corrected chi connectivity index (χ3v) is 1.54. The molecule has 0 aromatic carbocycles. The summed E-state index contributed by atoms with van der Waals surface area (Å²) in [6.45, 7) is 0. The highest BCUT2D eigenvalue weighted by Crippen LogP contribution is 2.34. The molecule has 0 radical (unpaired) electrons. The van der Waals surface area contributed by atoms with E-state index in [2.05, 4.69) is 4.31 Å². The number of rotatable bonds is 3. The van der Waals surface area contributed by atoms with Gasteiger partial charge in [0.25, 0.3) is 0 Å². The van der Waals surface area contributed by atoms with E-state index in [1.54, 1.807) is 0 Å². The molecule has 0 aliphatic rings. The van der Waals surface area contributed by atoms with Gasteiger partial charge in [-0.25, -0.2) is 0 Å². The summed E-state index contributed by atoms with van der Waals surface area (Å²) < 4.78 is 4.15. The SMILES string of the molecule is N=CP(O)OPO. The molecule has 3 N–H and O–H groups in total. The molecule has 6 heteroatoms. The summed E-state index contributed by atoms with van der Waals surface area (Å²) in [5, 5.41) is 6.33. The van der Waals surface area contributed by atoms with Crippen molar-refractivity contribution in [2.45, 2.75) is 0 Å². The molecule has 0 aliphatic heterocycles. The summed E-state index contributed by atoms with van der Waals surface area (Å²) in [7, 11) is -2.50. The van der Waals surface area contributed by atoms with Gasteiger partial charge in [0.1, 0.15) is 0 Å². The molecule has 0 saturated carbocycles. The maximum absolute atomic E-state index is 8.30. The van der Waals surface area contributed by atoms with E-state index < -0.39 is 17.4 Å². The maximum Gasteiger partial charge on any atom is 0.218 e. The molecule has 0 bridgehead atoms. The van der Waals surface area contributed by atoms with E-state index in [1.165, 1.54) is 0 Å². The minimum atomic E-state index is -1.77. The van der Waals surface area contributed by atoms with E-state index in [-0.39, 0.29) is 0 Å². The molecular weight excluding hydrogens is 136 g/mol. The first-order valence-electron chi connectivity index (χ1n) is 1.36. The zero-order valence-electron chi connectivity index (χ0n) is 3.33. The van der Waals surface area contributed by atoms with Gasteiger partial charge in [-0.05, 0) is 0 Å². The van der Waals surface area contributed by atoms with Gasteiger partial charge in [-0.1, -0.05) is 0 Å². The van der Waals surface area contributed by atoms with Crippen molar-refractivity contribution in [1.29, 1.82) is 5.41 Å². The Bertz CT molecular complexity index is 58.9. The van der Waals surface area contributed by atoms with Crippen molar-refractivity contribution in [2.75, 3.05) is 0 Å². The Balaban J connectivity index is 2.98. The van der Waals surface area contributed by atoms with Crippen LogP contribution in [0.4, 0.5) is 0 Å². The first kappa shape index (κ1) is 7.41. The van der Waals surface area contributed by atoms with Gasteiger partial charge in [0.05, 0.1) is 5.96 Å². The molecule has 0 fully saturated rings. The lowest BCUT2D eigenvalue weighted by Crippen LogP contribution is -1.68. The fourth-order valence-electron chi connectivity index (χ4n) is 0.0682. The summed E-state index contributed by atoms with van der Waals surface area (Å²) in [6.07, 6.45) is 0. The Morgan fingerprint density at radius 3 is 2.57 bits per heavy atom. The highest BCUT2D eigenvalue weighted by Gasteiger charge is 1.94. The predicted molar refractivity (Wildman–Crippen MR) is 29.5 cm³/mol. The normalized spacial score (nSPS) is 15.1. The van der Waals surface area contributed by atoms with Gasteiger partial charge in [0.2, 0.25) is 8.38 Å². The van der Waals surface area contributed by atoms with Crippen LogP contribution in [0.15, 0.2) is 0 Å². The number of hydrogen-bond donors (Lipinski definition) is 3. The van der Waals surface area contributed by atoms with E-state index in [1.807, 2.05) is 0 Å². The van der Waals surface area contributed by atoms with E-state index in [0.29, 0.717) is 0 Å². The molecule has 0 aromatic rings. The van der Waals surface area contributed by atoms with Crippen molar-refractivity contribution in [3.8, 4) is 0 Å². The van der Waals surface area contributed by atoms with Crippen LogP contribution in [0.2, 0.25) is 0 Å². The Hall–Kier alpha value is 0.410. The molecule has 2 atom stereocenters. The molecule has 42 valence electrons. The largest absolute Gasteiger partial charge is 0.352 e. The third-order valence-electron chi connectivity index (χ3n) is 0.245.